The van der Waals surface area contributed by atoms with Gasteiger partial charge in [-0.2, -0.15) is 13.2 Å². The molecule has 0 fully saturated rings. The molecule has 0 atom stereocenters. The highest BCUT2D eigenvalue weighted by molar-refractivity contribution is 5.93. The lowest BCUT2D eigenvalue weighted by molar-refractivity contribution is -0.137. The molecule has 0 bridgehead atoms. The highest BCUT2D eigenvalue weighted by Crippen LogP contribution is 2.36. The van der Waals surface area contributed by atoms with E-state index in [1.165, 1.54) is 27.2 Å². The molecule has 0 aromatic heterocycles. The fraction of sp³-hybridized carbons (Fsp3) is 0.300. The summed E-state index contributed by atoms with van der Waals surface area (Å²) >= 11 is 0. The van der Waals surface area contributed by atoms with Gasteiger partial charge in [-0.15, -0.1) is 0 Å². The summed E-state index contributed by atoms with van der Waals surface area (Å²) in [4.78, 5) is 23.3. The first-order valence-electron chi connectivity index (χ1n) is 8.63. The smallest absolute Gasteiger partial charge is 0.418 e. The number of methoxy groups -OCH3 is 2. The molecule has 0 saturated heterocycles. The van der Waals surface area contributed by atoms with Gasteiger partial charge in [-0.1, -0.05) is 0 Å². The Kier molecular flexibility index (Phi) is 7.08. The SMILES string of the molecule is COc1ccc(OC)c(CCC(=O)Nc2ccc(NC(C)=O)cc2C(F)(F)F)c1. The number of nitrogens with one attached hydrogen (secondary N) is 2. The summed E-state index contributed by atoms with van der Waals surface area (Å²) in [6.45, 7) is 1.19. The van der Waals surface area contributed by atoms with Crippen LogP contribution in [0.1, 0.15) is 24.5 Å². The number of anilines is 2. The van der Waals surface area contributed by atoms with Gasteiger partial charge in [0.25, 0.3) is 0 Å². The van der Waals surface area contributed by atoms with Gasteiger partial charge in [0.2, 0.25) is 11.8 Å². The van der Waals surface area contributed by atoms with Crippen LogP contribution < -0.4 is 20.1 Å². The first-order valence-corrected chi connectivity index (χ1v) is 8.63. The minimum atomic E-state index is -4.70. The third kappa shape index (κ3) is 6.13. The summed E-state index contributed by atoms with van der Waals surface area (Å²) in [7, 11) is 2.99. The quantitative estimate of drug-likeness (QED) is 0.716. The van der Waals surface area contributed by atoms with Crippen LogP contribution in [0, 0.1) is 0 Å². The fourth-order valence-corrected chi connectivity index (χ4v) is 2.71. The van der Waals surface area contributed by atoms with Crippen LogP contribution in [0.15, 0.2) is 36.4 Å². The Morgan fingerprint density at radius 2 is 1.72 bits per heavy atom. The molecule has 156 valence electrons. The molecular weight excluding hydrogens is 389 g/mol. The minimum absolute atomic E-state index is 0.0102. The number of hydrogen-bond acceptors (Lipinski definition) is 4. The van der Waals surface area contributed by atoms with E-state index in [1.807, 2.05) is 0 Å². The summed E-state index contributed by atoms with van der Waals surface area (Å²) in [5.41, 5.74) is -0.742. The Hall–Kier alpha value is -3.23. The third-order valence-corrected chi connectivity index (χ3v) is 4.03. The van der Waals surface area contributed by atoms with E-state index in [1.54, 1.807) is 18.2 Å². The maximum Gasteiger partial charge on any atom is 0.418 e. The van der Waals surface area contributed by atoms with Crippen molar-refractivity contribution in [2.24, 2.45) is 0 Å². The Balaban J connectivity index is 2.15. The molecule has 6 nitrogen and oxygen atoms in total. The molecule has 0 spiro atoms. The second-order valence-corrected chi connectivity index (χ2v) is 6.17. The summed E-state index contributed by atoms with van der Waals surface area (Å²) in [6, 6.07) is 8.27. The molecule has 2 rings (SSSR count). The Morgan fingerprint density at radius 1 is 1.00 bits per heavy atom. The number of hydrogen-bond donors (Lipinski definition) is 2. The molecule has 9 heteroatoms. The molecule has 29 heavy (non-hydrogen) atoms. The zero-order valence-corrected chi connectivity index (χ0v) is 16.1. The van der Waals surface area contributed by atoms with E-state index in [4.69, 9.17) is 9.47 Å². The number of halogens is 3. The Bertz CT molecular complexity index is 898. The van der Waals surface area contributed by atoms with Crippen LogP contribution in [0.3, 0.4) is 0 Å². The van der Waals surface area contributed by atoms with Gasteiger partial charge < -0.3 is 20.1 Å². The average molecular weight is 410 g/mol. The van der Waals surface area contributed by atoms with Crippen molar-refractivity contribution >= 4 is 23.2 Å². The summed E-state index contributed by atoms with van der Waals surface area (Å²) in [5.74, 6) is 0.0400. The number of amides is 2. The molecule has 2 amide bonds. The van der Waals surface area contributed by atoms with Gasteiger partial charge >= 0.3 is 6.18 Å². The standard InChI is InChI=1S/C20H21F3N2O4/c1-12(26)24-14-5-7-17(16(11-14)20(21,22)23)25-19(27)9-4-13-10-15(28-2)6-8-18(13)29-3/h5-8,10-11H,4,9H2,1-3H3,(H,24,26)(H,25,27). The van der Waals surface area contributed by atoms with Crippen LogP contribution >= 0.6 is 0 Å². The van der Waals surface area contributed by atoms with Crippen LogP contribution in [0.5, 0.6) is 11.5 Å². The Morgan fingerprint density at radius 3 is 2.31 bits per heavy atom. The van der Waals surface area contributed by atoms with Crippen molar-refractivity contribution in [3.63, 3.8) is 0 Å². The van der Waals surface area contributed by atoms with E-state index >= 15 is 0 Å². The lowest BCUT2D eigenvalue weighted by Crippen LogP contribution is -2.18. The van der Waals surface area contributed by atoms with Crippen molar-refractivity contribution < 1.29 is 32.2 Å². The van der Waals surface area contributed by atoms with Crippen LogP contribution in [0.4, 0.5) is 24.5 Å². The molecule has 2 aromatic carbocycles. The van der Waals surface area contributed by atoms with Crippen LogP contribution in [0.25, 0.3) is 0 Å². The van der Waals surface area contributed by atoms with Gasteiger partial charge in [0.1, 0.15) is 11.5 Å². The van der Waals surface area contributed by atoms with E-state index in [2.05, 4.69) is 10.6 Å². The molecule has 0 unspecified atom stereocenters. The average Bonchev–Trinajstić information content (AvgIpc) is 2.66. The van der Waals surface area contributed by atoms with Crippen molar-refractivity contribution in [1.29, 1.82) is 0 Å². The topological polar surface area (TPSA) is 76.7 Å². The predicted octanol–water partition coefficient (Wildman–Crippen LogP) is 4.25. The number of ether oxygens (including phenoxy) is 2. The molecular formula is C20H21F3N2O4. The molecule has 2 N–H and O–H groups in total. The number of alkyl halides is 3. The number of aryl methyl sites for hydroxylation is 1. The van der Waals surface area contributed by atoms with Crippen molar-refractivity contribution in [1.82, 2.24) is 0 Å². The van der Waals surface area contributed by atoms with E-state index in [9.17, 15) is 22.8 Å². The first kappa shape index (κ1) is 22.1. The van der Waals surface area contributed by atoms with Gasteiger partial charge in [-0.05, 0) is 48.4 Å². The molecule has 0 aliphatic heterocycles. The highest BCUT2D eigenvalue weighted by atomic mass is 19.4. The van der Waals surface area contributed by atoms with Crippen LogP contribution in [-0.4, -0.2) is 26.0 Å². The largest absolute Gasteiger partial charge is 0.497 e. The molecule has 0 aliphatic carbocycles. The molecule has 0 radical (unpaired) electrons. The van der Waals surface area contributed by atoms with Crippen molar-refractivity contribution in [2.75, 3.05) is 24.9 Å². The lowest BCUT2D eigenvalue weighted by Gasteiger charge is -2.16. The van der Waals surface area contributed by atoms with Gasteiger partial charge in [-0.25, -0.2) is 0 Å². The summed E-state index contributed by atoms with van der Waals surface area (Å²) in [5, 5.41) is 4.58. The van der Waals surface area contributed by atoms with Crippen molar-refractivity contribution in [2.45, 2.75) is 25.9 Å². The molecule has 0 heterocycles. The first-order chi connectivity index (χ1) is 13.6. The predicted molar refractivity (Wildman–Crippen MR) is 102 cm³/mol. The fourth-order valence-electron chi connectivity index (χ4n) is 2.71. The van der Waals surface area contributed by atoms with Gasteiger partial charge in [0, 0.05) is 19.0 Å². The Labute approximate surface area is 166 Å². The van der Waals surface area contributed by atoms with E-state index in [-0.39, 0.29) is 24.2 Å². The number of carbonyl (C=O) groups is 2. The number of carbonyl (C=O) groups excluding carboxylic acids is 2. The van der Waals surface area contributed by atoms with Crippen molar-refractivity contribution in [3.8, 4) is 11.5 Å². The van der Waals surface area contributed by atoms with Crippen molar-refractivity contribution in [3.05, 3.63) is 47.5 Å². The van der Waals surface area contributed by atoms with E-state index in [0.717, 1.165) is 12.1 Å². The second kappa shape index (κ2) is 9.31. The zero-order chi connectivity index (χ0) is 21.6. The highest BCUT2D eigenvalue weighted by Gasteiger charge is 2.34. The van der Waals surface area contributed by atoms with Crippen LogP contribution in [0.2, 0.25) is 0 Å². The lowest BCUT2D eigenvalue weighted by atomic mass is 10.1. The maximum atomic E-state index is 13.4. The maximum absolute atomic E-state index is 13.4. The van der Waals surface area contributed by atoms with Crippen LogP contribution in [-0.2, 0) is 22.2 Å². The second-order valence-electron chi connectivity index (χ2n) is 6.17. The zero-order valence-electron chi connectivity index (χ0n) is 16.1. The summed E-state index contributed by atoms with van der Waals surface area (Å²) in [6.07, 6.45) is -4.51. The van der Waals surface area contributed by atoms with E-state index < -0.39 is 23.6 Å². The molecule has 0 aliphatic rings. The van der Waals surface area contributed by atoms with Gasteiger partial charge in [0.15, 0.2) is 0 Å². The molecule has 2 aromatic rings. The normalized spacial score (nSPS) is 11.0. The third-order valence-electron chi connectivity index (χ3n) is 4.03. The minimum Gasteiger partial charge on any atom is -0.497 e. The summed E-state index contributed by atoms with van der Waals surface area (Å²) < 4.78 is 50.4. The number of benzene rings is 2. The van der Waals surface area contributed by atoms with E-state index in [0.29, 0.717) is 17.1 Å². The number of rotatable bonds is 7. The monoisotopic (exact) mass is 410 g/mol. The molecule has 0 saturated carbocycles. The van der Waals surface area contributed by atoms with Gasteiger partial charge in [0.05, 0.1) is 25.5 Å². The van der Waals surface area contributed by atoms with Gasteiger partial charge in [-0.3, -0.25) is 9.59 Å².